The third-order valence-electron chi connectivity index (χ3n) is 8.47. The van der Waals surface area contributed by atoms with Crippen molar-refractivity contribution in [2.45, 2.75) is 38.3 Å². The smallest absolute Gasteiger partial charge is 0.490 e. The number of carboxylic acid groups (broad SMARTS) is 2. The quantitative estimate of drug-likeness (QED) is 0.145. The van der Waals surface area contributed by atoms with E-state index in [4.69, 9.17) is 24.1 Å². The first-order valence-electron chi connectivity index (χ1n) is 16.6. The van der Waals surface area contributed by atoms with Crippen LogP contribution in [0.15, 0.2) is 66.7 Å². The molecule has 2 saturated heterocycles. The molecule has 4 aromatic rings. The van der Waals surface area contributed by atoms with Gasteiger partial charge in [0.25, 0.3) is 0 Å². The second-order valence-electron chi connectivity index (χ2n) is 12.1. The van der Waals surface area contributed by atoms with Gasteiger partial charge in [-0.1, -0.05) is 30.3 Å². The minimum atomic E-state index is -5.08. The van der Waals surface area contributed by atoms with Crippen LogP contribution in [0, 0.1) is 0 Å². The van der Waals surface area contributed by atoms with Gasteiger partial charge >= 0.3 is 18.1 Å². The van der Waals surface area contributed by atoms with E-state index in [1.54, 1.807) is 11.3 Å². The lowest BCUT2D eigenvalue weighted by molar-refractivity contribution is -0.192. The number of fused-ring (bicyclic) bond motifs is 1. The maximum atomic E-state index is 11.9. The van der Waals surface area contributed by atoms with Gasteiger partial charge in [0.2, 0.25) is 5.91 Å². The molecule has 0 saturated carbocycles. The minimum Gasteiger partial charge on any atom is -0.492 e. The summed E-state index contributed by atoms with van der Waals surface area (Å²) in [4.78, 5) is 37.5. The van der Waals surface area contributed by atoms with Gasteiger partial charge in [-0.05, 0) is 97.2 Å². The van der Waals surface area contributed by atoms with Crippen LogP contribution in [0.3, 0.4) is 0 Å². The molecule has 1 amide bonds. The number of halogens is 3. The van der Waals surface area contributed by atoms with Crippen molar-refractivity contribution >= 4 is 39.3 Å². The third kappa shape index (κ3) is 10.6. The molecule has 2 aliphatic heterocycles. The molecule has 2 aliphatic rings. The van der Waals surface area contributed by atoms with Gasteiger partial charge in [0.1, 0.15) is 19.0 Å². The molecule has 10 nitrogen and oxygen atoms in total. The molecule has 0 bridgehead atoms. The Morgan fingerprint density at radius 1 is 0.824 bits per heavy atom. The average molecular weight is 729 g/mol. The summed E-state index contributed by atoms with van der Waals surface area (Å²) in [5.41, 5.74) is 3.32. The maximum absolute atomic E-state index is 11.9. The van der Waals surface area contributed by atoms with Crippen LogP contribution in [0.4, 0.5) is 13.2 Å². The number of benzene rings is 3. The van der Waals surface area contributed by atoms with Gasteiger partial charge in [0.15, 0.2) is 18.1 Å². The molecule has 3 aromatic carbocycles. The summed E-state index contributed by atoms with van der Waals surface area (Å²) in [5.74, 6) is -1.79. The average Bonchev–Trinajstić information content (AvgIpc) is 3.86. The van der Waals surface area contributed by atoms with Crippen molar-refractivity contribution in [3.8, 4) is 27.7 Å². The van der Waals surface area contributed by atoms with Crippen LogP contribution >= 0.6 is 11.3 Å². The van der Waals surface area contributed by atoms with Gasteiger partial charge in [-0.25, -0.2) is 9.59 Å². The van der Waals surface area contributed by atoms with Crippen LogP contribution in [0.2, 0.25) is 0 Å². The lowest BCUT2D eigenvalue weighted by atomic mass is 9.98. The van der Waals surface area contributed by atoms with Crippen LogP contribution in [0.1, 0.15) is 36.8 Å². The van der Waals surface area contributed by atoms with Crippen molar-refractivity contribution in [3.05, 3.63) is 77.9 Å². The van der Waals surface area contributed by atoms with Gasteiger partial charge in [0.05, 0.1) is 6.54 Å². The zero-order valence-corrected chi connectivity index (χ0v) is 28.6. The lowest BCUT2D eigenvalue weighted by Gasteiger charge is -2.17. The van der Waals surface area contributed by atoms with Gasteiger partial charge in [-0.2, -0.15) is 13.2 Å². The summed E-state index contributed by atoms with van der Waals surface area (Å²) in [6, 6.07) is 22.4. The minimum absolute atomic E-state index is 0.211. The Bertz CT molecular complexity index is 1810. The standard InChI is InChI=1S/C35H38N2O6S.C2HF3O2/c38-33-8-5-17-37(33)19-21-41-27-12-9-25(10-13-27)22-29-28-6-1-2-7-32(28)44-35(29)26-11-14-30(31(23-26)43-24-34(39)40)42-20-18-36-15-3-4-16-36;3-2(4,5)1(6)7/h1-2,6-7,9-14,23H,3-5,8,15-22,24H2,(H,39,40);(H,6,7). The number of carboxylic acids is 2. The number of hydrogen-bond donors (Lipinski definition) is 2. The molecular formula is C37H39F3N2O8S. The fraction of sp³-hybridized carbons (Fsp3) is 0.378. The highest BCUT2D eigenvalue weighted by Crippen LogP contribution is 2.42. The lowest BCUT2D eigenvalue weighted by Crippen LogP contribution is -2.29. The second kappa shape index (κ2) is 17.4. The van der Waals surface area contributed by atoms with E-state index < -0.39 is 24.7 Å². The van der Waals surface area contributed by atoms with Crippen LogP contribution in [0.25, 0.3) is 20.5 Å². The summed E-state index contributed by atoms with van der Waals surface area (Å²) < 4.78 is 50.7. The number of amides is 1. The fourth-order valence-electron chi connectivity index (χ4n) is 5.94. The molecule has 2 fully saturated rings. The van der Waals surface area contributed by atoms with E-state index in [1.165, 1.54) is 28.5 Å². The second-order valence-corrected chi connectivity index (χ2v) is 13.2. The Labute approximate surface area is 296 Å². The summed E-state index contributed by atoms with van der Waals surface area (Å²) in [6.07, 6.45) is -0.346. The third-order valence-corrected chi connectivity index (χ3v) is 9.73. The van der Waals surface area contributed by atoms with Crippen molar-refractivity contribution in [1.82, 2.24) is 9.80 Å². The molecule has 2 N–H and O–H groups in total. The number of thiophene rings is 1. The number of hydrogen-bond acceptors (Lipinski definition) is 8. The zero-order valence-electron chi connectivity index (χ0n) is 27.8. The Kier molecular flexibility index (Phi) is 12.8. The number of aliphatic carboxylic acids is 2. The summed E-state index contributed by atoms with van der Waals surface area (Å²) in [5, 5.41) is 17.6. The number of carbonyl (C=O) groups is 3. The molecule has 0 spiro atoms. The van der Waals surface area contributed by atoms with Gasteiger partial charge in [0, 0.05) is 29.1 Å². The highest BCUT2D eigenvalue weighted by Gasteiger charge is 2.38. The summed E-state index contributed by atoms with van der Waals surface area (Å²) >= 11 is 1.72. The summed E-state index contributed by atoms with van der Waals surface area (Å²) in [6.45, 7) is 5.02. The molecule has 0 unspecified atom stereocenters. The SMILES string of the molecule is O=C(O)C(F)(F)F.O=C(O)COc1cc(-c2sc3ccccc3c2Cc2ccc(OCCN3CCCC3=O)cc2)ccc1OCCN1CCCC1. The molecule has 6 rings (SSSR count). The predicted molar refractivity (Wildman–Crippen MR) is 186 cm³/mol. The highest BCUT2D eigenvalue weighted by atomic mass is 32.1. The first-order chi connectivity index (χ1) is 24.5. The van der Waals surface area contributed by atoms with Gasteiger partial charge < -0.3 is 29.3 Å². The van der Waals surface area contributed by atoms with Crippen LogP contribution in [-0.2, 0) is 20.8 Å². The topological polar surface area (TPSA) is 126 Å². The Morgan fingerprint density at radius 2 is 1.53 bits per heavy atom. The monoisotopic (exact) mass is 728 g/mol. The van der Waals surface area contributed by atoms with E-state index in [0.29, 0.717) is 37.7 Å². The molecular weight excluding hydrogens is 689 g/mol. The number of alkyl halides is 3. The molecule has 0 aliphatic carbocycles. The molecule has 51 heavy (non-hydrogen) atoms. The normalized spacial score (nSPS) is 14.7. The number of nitrogens with zero attached hydrogens (tertiary/aromatic N) is 2. The van der Waals surface area contributed by atoms with Crippen LogP contribution < -0.4 is 14.2 Å². The van der Waals surface area contributed by atoms with Crippen LogP contribution in [0.5, 0.6) is 17.2 Å². The first-order valence-corrected chi connectivity index (χ1v) is 17.4. The number of rotatable bonds is 14. The molecule has 3 heterocycles. The van der Waals surface area contributed by atoms with E-state index in [1.807, 2.05) is 41.3 Å². The van der Waals surface area contributed by atoms with Crippen molar-refractivity contribution < 1.29 is 52.0 Å². The van der Waals surface area contributed by atoms with Crippen molar-refractivity contribution in [2.24, 2.45) is 0 Å². The Morgan fingerprint density at radius 3 is 2.20 bits per heavy atom. The van der Waals surface area contributed by atoms with E-state index in [9.17, 15) is 27.9 Å². The number of carbonyl (C=O) groups excluding carboxylic acids is 1. The van der Waals surface area contributed by atoms with Crippen molar-refractivity contribution in [1.29, 1.82) is 0 Å². The van der Waals surface area contributed by atoms with Gasteiger partial charge in [-0.15, -0.1) is 11.3 Å². The first kappa shape index (κ1) is 37.4. The van der Waals surface area contributed by atoms with Crippen LogP contribution in [-0.4, -0.2) is 96.6 Å². The molecule has 272 valence electrons. The zero-order chi connectivity index (χ0) is 36.4. The molecule has 14 heteroatoms. The fourth-order valence-corrected chi connectivity index (χ4v) is 7.16. The highest BCUT2D eigenvalue weighted by molar-refractivity contribution is 7.22. The molecule has 0 atom stereocenters. The number of likely N-dealkylation sites (tertiary alicyclic amines) is 2. The molecule has 1 aromatic heterocycles. The van der Waals surface area contributed by atoms with E-state index in [-0.39, 0.29) is 5.91 Å². The predicted octanol–water partition coefficient (Wildman–Crippen LogP) is 6.73. The number of ether oxygens (including phenoxy) is 3. The van der Waals surface area contributed by atoms with Gasteiger partial charge in [-0.3, -0.25) is 9.69 Å². The van der Waals surface area contributed by atoms with Crippen molar-refractivity contribution in [2.75, 3.05) is 52.5 Å². The Hall–Kier alpha value is -4.82. The van der Waals surface area contributed by atoms with E-state index in [0.717, 1.165) is 60.8 Å². The molecule has 0 radical (unpaired) electrons. The maximum Gasteiger partial charge on any atom is 0.490 e. The van der Waals surface area contributed by atoms with Crippen molar-refractivity contribution in [3.63, 3.8) is 0 Å². The Balaban J connectivity index is 0.000000654. The van der Waals surface area contributed by atoms with E-state index in [2.05, 4.69) is 35.2 Å². The largest absolute Gasteiger partial charge is 0.492 e. The summed E-state index contributed by atoms with van der Waals surface area (Å²) in [7, 11) is 0. The van der Waals surface area contributed by atoms with E-state index >= 15 is 0 Å².